The fraction of sp³-hybridized carbons (Fsp3) is 0.500. The molecule has 3 rings (SSSR count). The Balaban J connectivity index is 1.53. The summed E-state index contributed by atoms with van der Waals surface area (Å²) in [7, 11) is 2.24. The predicted octanol–water partition coefficient (Wildman–Crippen LogP) is 3.63. The zero-order valence-electron chi connectivity index (χ0n) is 13.5. The first-order valence-electron chi connectivity index (χ1n) is 8.09. The van der Waals surface area contributed by atoms with Crippen molar-refractivity contribution in [2.45, 2.75) is 44.9 Å². The summed E-state index contributed by atoms with van der Waals surface area (Å²) >= 11 is 1.76. The van der Waals surface area contributed by atoms with Crippen molar-refractivity contribution in [3.8, 4) is 0 Å². The first kappa shape index (κ1) is 15.7. The van der Waals surface area contributed by atoms with E-state index in [2.05, 4.69) is 64.5 Å². The van der Waals surface area contributed by atoms with Gasteiger partial charge in [-0.05, 0) is 32.4 Å². The van der Waals surface area contributed by atoms with Gasteiger partial charge in [-0.2, -0.15) is 0 Å². The highest BCUT2D eigenvalue weighted by Gasteiger charge is 2.27. The molecule has 2 atom stereocenters. The average Bonchev–Trinajstić information content (AvgIpc) is 3.03. The Labute approximate surface area is 137 Å². The van der Waals surface area contributed by atoms with Crippen LogP contribution < -0.4 is 0 Å². The maximum absolute atomic E-state index is 4.41. The molecule has 2 heterocycles. The van der Waals surface area contributed by atoms with E-state index in [1.807, 2.05) is 6.20 Å². The molecule has 1 saturated heterocycles. The Morgan fingerprint density at radius 3 is 2.82 bits per heavy atom. The van der Waals surface area contributed by atoms with Gasteiger partial charge >= 0.3 is 0 Å². The van der Waals surface area contributed by atoms with Gasteiger partial charge in [0.15, 0.2) is 0 Å². The monoisotopic (exact) mass is 315 g/mol. The zero-order chi connectivity index (χ0) is 15.4. The van der Waals surface area contributed by atoms with E-state index in [0.29, 0.717) is 12.1 Å². The Morgan fingerprint density at radius 2 is 2.14 bits per heavy atom. The minimum absolute atomic E-state index is 0.637. The Morgan fingerprint density at radius 1 is 1.32 bits per heavy atom. The lowest BCUT2D eigenvalue weighted by Gasteiger charge is -2.41. The number of rotatable bonds is 5. The Kier molecular flexibility index (Phi) is 5.24. The van der Waals surface area contributed by atoms with Crippen LogP contribution in [0.1, 0.15) is 30.3 Å². The van der Waals surface area contributed by atoms with E-state index in [9.17, 15) is 0 Å². The van der Waals surface area contributed by atoms with Gasteiger partial charge in [-0.3, -0.25) is 9.80 Å². The third-order valence-electron chi connectivity index (χ3n) is 4.71. The summed E-state index contributed by atoms with van der Waals surface area (Å²) in [6, 6.07) is 12.1. The lowest BCUT2D eigenvalue weighted by molar-refractivity contribution is 0.0771. The maximum atomic E-state index is 4.41. The van der Waals surface area contributed by atoms with Crippen molar-refractivity contribution in [1.82, 2.24) is 14.8 Å². The van der Waals surface area contributed by atoms with Crippen molar-refractivity contribution in [1.29, 1.82) is 0 Å². The quantitative estimate of drug-likeness (QED) is 0.840. The first-order chi connectivity index (χ1) is 10.7. The lowest BCUT2D eigenvalue weighted by Crippen LogP contribution is -2.47. The number of hydrogen-bond acceptors (Lipinski definition) is 4. The van der Waals surface area contributed by atoms with Crippen molar-refractivity contribution < 1.29 is 0 Å². The first-order valence-corrected chi connectivity index (χ1v) is 8.97. The average molecular weight is 315 g/mol. The van der Waals surface area contributed by atoms with Gasteiger partial charge in [-0.1, -0.05) is 30.3 Å². The second-order valence-corrected chi connectivity index (χ2v) is 7.30. The predicted molar refractivity (Wildman–Crippen MR) is 92.9 cm³/mol. The molecule has 1 aromatic carbocycles. The topological polar surface area (TPSA) is 19.4 Å². The van der Waals surface area contributed by atoms with Crippen LogP contribution in [0.25, 0.3) is 0 Å². The molecule has 118 valence electrons. The van der Waals surface area contributed by atoms with Crippen LogP contribution in [0.15, 0.2) is 41.9 Å². The van der Waals surface area contributed by atoms with E-state index in [-0.39, 0.29) is 0 Å². The maximum Gasteiger partial charge on any atom is 0.107 e. The summed E-state index contributed by atoms with van der Waals surface area (Å²) in [5, 5.41) is 3.29. The molecule has 0 bridgehead atoms. The van der Waals surface area contributed by atoms with Crippen molar-refractivity contribution in [2.24, 2.45) is 0 Å². The highest BCUT2D eigenvalue weighted by atomic mass is 32.1. The van der Waals surface area contributed by atoms with Crippen molar-refractivity contribution in [2.75, 3.05) is 13.6 Å². The molecule has 0 aliphatic carbocycles. The molecule has 1 aromatic heterocycles. The molecule has 0 spiro atoms. The summed E-state index contributed by atoms with van der Waals surface area (Å²) in [6.07, 6.45) is 4.40. The van der Waals surface area contributed by atoms with Gasteiger partial charge < -0.3 is 0 Å². The molecule has 2 aromatic rings. The van der Waals surface area contributed by atoms with Crippen LogP contribution >= 0.6 is 11.3 Å². The molecule has 0 N–H and O–H groups in total. The molecule has 4 heteroatoms. The van der Waals surface area contributed by atoms with Crippen LogP contribution in [-0.2, 0) is 13.1 Å². The van der Waals surface area contributed by atoms with Gasteiger partial charge in [0.05, 0.1) is 6.54 Å². The van der Waals surface area contributed by atoms with Crippen molar-refractivity contribution in [3.63, 3.8) is 0 Å². The molecule has 0 unspecified atom stereocenters. The molecule has 22 heavy (non-hydrogen) atoms. The Bertz CT molecular complexity index is 555. The second-order valence-electron chi connectivity index (χ2n) is 6.32. The highest BCUT2D eigenvalue weighted by molar-refractivity contribution is 7.09. The summed E-state index contributed by atoms with van der Waals surface area (Å²) < 4.78 is 0. The number of nitrogens with zero attached hydrogens (tertiary/aromatic N) is 3. The molecule has 0 amide bonds. The second kappa shape index (κ2) is 7.36. The fourth-order valence-corrected chi connectivity index (χ4v) is 4.00. The molecule has 0 saturated carbocycles. The van der Waals surface area contributed by atoms with E-state index in [0.717, 1.165) is 13.1 Å². The van der Waals surface area contributed by atoms with E-state index >= 15 is 0 Å². The van der Waals surface area contributed by atoms with Crippen LogP contribution in [0.3, 0.4) is 0 Å². The molecule has 1 aliphatic heterocycles. The summed E-state index contributed by atoms with van der Waals surface area (Å²) in [5.74, 6) is 0. The zero-order valence-corrected chi connectivity index (χ0v) is 14.3. The molecule has 3 nitrogen and oxygen atoms in total. The van der Waals surface area contributed by atoms with Gasteiger partial charge in [0.25, 0.3) is 0 Å². The smallest absolute Gasteiger partial charge is 0.107 e. The SMILES string of the molecule is C[C@H]1C[C@H](N(C)Cc2nccs2)CCN1Cc1ccccc1. The summed E-state index contributed by atoms with van der Waals surface area (Å²) in [4.78, 5) is 9.50. The minimum Gasteiger partial charge on any atom is -0.297 e. The number of benzene rings is 1. The minimum atomic E-state index is 0.637. The third kappa shape index (κ3) is 3.94. The number of aromatic nitrogens is 1. The van der Waals surface area contributed by atoms with Crippen LogP contribution in [0, 0.1) is 0 Å². The molecule has 0 radical (unpaired) electrons. The van der Waals surface area contributed by atoms with E-state index in [1.54, 1.807) is 11.3 Å². The lowest BCUT2D eigenvalue weighted by atomic mass is 9.96. The number of likely N-dealkylation sites (tertiary alicyclic amines) is 1. The standard InChI is InChI=1S/C18H25N3S/c1-15-12-17(20(2)14-18-19-9-11-22-18)8-10-21(15)13-16-6-4-3-5-7-16/h3-7,9,11,15,17H,8,10,12-14H2,1-2H3/t15-,17+/m0/s1. The van der Waals surface area contributed by atoms with E-state index in [4.69, 9.17) is 0 Å². The fourth-order valence-electron chi connectivity index (χ4n) is 3.32. The van der Waals surface area contributed by atoms with E-state index < -0.39 is 0 Å². The van der Waals surface area contributed by atoms with Crippen LogP contribution in [0.2, 0.25) is 0 Å². The molecule has 1 fully saturated rings. The summed E-state index contributed by atoms with van der Waals surface area (Å²) in [5.41, 5.74) is 1.42. The largest absolute Gasteiger partial charge is 0.297 e. The van der Waals surface area contributed by atoms with Gasteiger partial charge in [-0.15, -0.1) is 11.3 Å². The molecule has 1 aliphatic rings. The summed E-state index contributed by atoms with van der Waals surface area (Å²) in [6.45, 7) is 5.61. The number of hydrogen-bond donors (Lipinski definition) is 0. The van der Waals surface area contributed by atoms with Crippen LogP contribution in [-0.4, -0.2) is 40.5 Å². The number of thiazole rings is 1. The molecular weight excluding hydrogens is 290 g/mol. The van der Waals surface area contributed by atoms with Crippen LogP contribution in [0.4, 0.5) is 0 Å². The Hall–Kier alpha value is -1.23. The number of piperidine rings is 1. The normalized spacial score (nSPS) is 23.0. The van der Waals surface area contributed by atoms with Gasteiger partial charge in [0.2, 0.25) is 0 Å². The van der Waals surface area contributed by atoms with Crippen LogP contribution in [0.5, 0.6) is 0 Å². The van der Waals surface area contributed by atoms with Crippen molar-refractivity contribution >= 4 is 11.3 Å². The third-order valence-corrected chi connectivity index (χ3v) is 5.47. The van der Waals surface area contributed by atoms with Gasteiger partial charge in [0.1, 0.15) is 5.01 Å². The highest BCUT2D eigenvalue weighted by Crippen LogP contribution is 2.24. The molecular formula is C18H25N3S. The van der Waals surface area contributed by atoms with Crippen molar-refractivity contribution in [3.05, 3.63) is 52.5 Å². The van der Waals surface area contributed by atoms with Gasteiger partial charge in [0, 0.05) is 36.8 Å². The van der Waals surface area contributed by atoms with E-state index in [1.165, 1.54) is 30.0 Å². The van der Waals surface area contributed by atoms with Gasteiger partial charge in [-0.25, -0.2) is 4.98 Å².